The second kappa shape index (κ2) is 8.26. The van der Waals surface area contributed by atoms with Crippen LogP contribution in [0.25, 0.3) is 11.3 Å². The minimum atomic E-state index is -0.00465. The summed E-state index contributed by atoms with van der Waals surface area (Å²) >= 11 is 0. The maximum absolute atomic E-state index is 6.14. The molecule has 0 bridgehead atoms. The molecule has 5 nitrogen and oxygen atoms in total. The molecule has 1 aliphatic carbocycles. The number of ether oxygens (including phenoxy) is 1. The summed E-state index contributed by atoms with van der Waals surface area (Å²) in [6, 6.07) is 8.71. The van der Waals surface area contributed by atoms with Crippen LogP contribution in [0.2, 0.25) is 0 Å². The Morgan fingerprint density at radius 2 is 2.07 bits per heavy atom. The first kappa shape index (κ1) is 19.6. The van der Waals surface area contributed by atoms with Gasteiger partial charge in [-0.3, -0.25) is 0 Å². The van der Waals surface area contributed by atoms with Crippen LogP contribution in [0.3, 0.4) is 0 Å². The van der Waals surface area contributed by atoms with E-state index in [0.29, 0.717) is 31.1 Å². The second-order valence-corrected chi connectivity index (χ2v) is 8.57. The lowest BCUT2D eigenvalue weighted by atomic mass is 9.83. The van der Waals surface area contributed by atoms with Gasteiger partial charge in [0.15, 0.2) is 0 Å². The van der Waals surface area contributed by atoms with Crippen molar-refractivity contribution in [2.45, 2.75) is 53.0 Å². The van der Waals surface area contributed by atoms with Crippen LogP contribution in [0.15, 0.2) is 30.5 Å². The predicted molar refractivity (Wildman–Crippen MR) is 111 cm³/mol. The van der Waals surface area contributed by atoms with Gasteiger partial charge < -0.3 is 15.8 Å². The van der Waals surface area contributed by atoms with Gasteiger partial charge in [-0.2, -0.15) is 0 Å². The van der Waals surface area contributed by atoms with Gasteiger partial charge in [0.2, 0.25) is 5.95 Å². The molecule has 3 rings (SSSR count). The summed E-state index contributed by atoms with van der Waals surface area (Å²) in [5.41, 5.74) is 9.11. The normalized spacial score (nSPS) is 16.2. The van der Waals surface area contributed by atoms with Crippen molar-refractivity contribution >= 4 is 5.95 Å². The lowest BCUT2D eigenvalue weighted by molar-refractivity contribution is 0.142. The van der Waals surface area contributed by atoms with Crippen molar-refractivity contribution < 1.29 is 4.74 Å². The topological polar surface area (TPSA) is 73.1 Å². The van der Waals surface area contributed by atoms with Gasteiger partial charge >= 0.3 is 0 Å². The molecule has 5 heteroatoms. The van der Waals surface area contributed by atoms with Crippen LogP contribution in [0, 0.1) is 18.3 Å². The summed E-state index contributed by atoms with van der Waals surface area (Å²) in [6.07, 6.45) is 5.28. The maximum atomic E-state index is 6.14. The van der Waals surface area contributed by atoms with Crippen molar-refractivity contribution in [2.75, 3.05) is 18.5 Å². The van der Waals surface area contributed by atoms with Gasteiger partial charge in [0.05, 0.1) is 12.3 Å². The zero-order valence-corrected chi connectivity index (χ0v) is 17.0. The molecule has 0 saturated heterocycles. The predicted octanol–water partition coefficient (Wildman–Crippen LogP) is 4.42. The van der Waals surface area contributed by atoms with E-state index in [1.165, 1.54) is 12.8 Å². The van der Waals surface area contributed by atoms with Crippen molar-refractivity contribution in [3.05, 3.63) is 36.0 Å². The molecule has 0 spiro atoms. The molecule has 146 valence electrons. The Hall–Kier alpha value is -2.14. The van der Waals surface area contributed by atoms with Gasteiger partial charge in [-0.15, -0.1) is 0 Å². The fourth-order valence-electron chi connectivity index (χ4n) is 3.41. The average molecular weight is 369 g/mol. The fourth-order valence-corrected chi connectivity index (χ4v) is 3.41. The Labute approximate surface area is 162 Å². The fraction of sp³-hybridized carbons (Fsp3) is 0.545. The minimum absolute atomic E-state index is 0.00465. The maximum Gasteiger partial charge on any atom is 0.223 e. The molecule has 1 heterocycles. The van der Waals surface area contributed by atoms with Crippen LogP contribution in [-0.2, 0) is 0 Å². The largest absolute Gasteiger partial charge is 0.493 e. The Balaban J connectivity index is 1.70. The molecule has 3 N–H and O–H groups in total. The Morgan fingerprint density at radius 3 is 2.70 bits per heavy atom. The van der Waals surface area contributed by atoms with Gasteiger partial charge in [-0.1, -0.05) is 20.8 Å². The first-order chi connectivity index (χ1) is 12.9. The zero-order valence-electron chi connectivity index (χ0n) is 17.0. The number of anilines is 1. The second-order valence-electron chi connectivity index (χ2n) is 8.57. The van der Waals surface area contributed by atoms with Crippen molar-refractivity contribution in [1.29, 1.82) is 0 Å². The molecule has 0 amide bonds. The molecule has 1 aromatic carbocycles. The van der Waals surface area contributed by atoms with E-state index < -0.39 is 0 Å². The highest BCUT2D eigenvalue weighted by molar-refractivity contribution is 5.62. The molecule has 1 aliphatic rings. The van der Waals surface area contributed by atoms with E-state index in [0.717, 1.165) is 29.0 Å². The summed E-state index contributed by atoms with van der Waals surface area (Å²) in [5, 5.41) is 3.35. The van der Waals surface area contributed by atoms with Crippen molar-refractivity contribution in [2.24, 2.45) is 17.1 Å². The van der Waals surface area contributed by atoms with E-state index in [9.17, 15) is 0 Å². The number of nitrogens with two attached hydrogens (primary N) is 1. The first-order valence-corrected chi connectivity index (χ1v) is 9.92. The average Bonchev–Trinajstić information content (AvgIpc) is 3.44. The highest BCUT2D eigenvalue weighted by Gasteiger charge is 2.25. The number of benzene rings is 1. The standard InChI is InChI=1S/C22H32N4O/c1-15(2)12-22(4,13-23)14-27-20-8-5-17(11-16(20)3)19-9-10-24-21(26-19)25-18-6-7-18/h5,8-11,15,18H,6-7,12-14,23H2,1-4H3,(H,24,25,26)/t22-/m0/s1. The van der Waals surface area contributed by atoms with E-state index in [4.69, 9.17) is 10.5 Å². The van der Waals surface area contributed by atoms with Crippen LogP contribution in [0.4, 0.5) is 5.95 Å². The number of aryl methyl sites for hydroxylation is 1. The quantitative estimate of drug-likeness (QED) is 0.685. The Kier molecular flexibility index (Phi) is 6.00. The van der Waals surface area contributed by atoms with Crippen molar-refractivity contribution in [3.63, 3.8) is 0 Å². The lowest BCUT2D eigenvalue weighted by Crippen LogP contribution is -2.35. The van der Waals surface area contributed by atoms with Crippen molar-refractivity contribution in [1.82, 2.24) is 9.97 Å². The molecule has 0 radical (unpaired) electrons. The molecule has 2 aromatic rings. The SMILES string of the molecule is Cc1cc(-c2ccnc(NC3CC3)n2)ccc1OC[C@](C)(CN)CC(C)C. The third kappa shape index (κ3) is 5.42. The molecule has 0 aliphatic heterocycles. The molecule has 1 fully saturated rings. The Bertz CT molecular complexity index is 773. The van der Waals surface area contributed by atoms with Crippen LogP contribution < -0.4 is 15.8 Å². The summed E-state index contributed by atoms with van der Waals surface area (Å²) in [5.74, 6) is 2.22. The molecule has 0 unspecified atom stereocenters. The van der Waals surface area contributed by atoms with E-state index in [1.54, 1.807) is 0 Å². The lowest BCUT2D eigenvalue weighted by Gasteiger charge is -2.30. The number of hydrogen-bond acceptors (Lipinski definition) is 5. The molecular weight excluding hydrogens is 336 g/mol. The van der Waals surface area contributed by atoms with Crippen LogP contribution in [-0.4, -0.2) is 29.2 Å². The van der Waals surface area contributed by atoms with Gasteiger partial charge in [-0.05, 0) is 61.9 Å². The summed E-state index contributed by atoms with van der Waals surface area (Å²) in [6.45, 7) is 9.98. The monoisotopic (exact) mass is 368 g/mol. The molecular formula is C22H32N4O. The highest BCUT2D eigenvalue weighted by atomic mass is 16.5. The molecule has 27 heavy (non-hydrogen) atoms. The molecule has 1 aromatic heterocycles. The Morgan fingerprint density at radius 1 is 1.30 bits per heavy atom. The number of hydrogen-bond donors (Lipinski definition) is 2. The van der Waals surface area contributed by atoms with Gasteiger partial charge in [0.1, 0.15) is 5.75 Å². The number of nitrogens with zero attached hydrogens (tertiary/aromatic N) is 2. The highest BCUT2D eigenvalue weighted by Crippen LogP contribution is 2.30. The van der Waals surface area contributed by atoms with Crippen LogP contribution in [0.5, 0.6) is 5.75 Å². The number of rotatable bonds is 9. The van der Waals surface area contributed by atoms with E-state index in [-0.39, 0.29) is 5.41 Å². The summed E-state index contributed by atoms with van der Waals surface area (Å²) in [7, 11) is 0. The smallest absolute Gasteiger partial charge is 0.223 e. The molecule has 1 saturated carbocycles. The number of aromatic nitrogens is 2. The third-order valence-corrected chi connectivity index (χ3v) is 5.01. The summed E-state index contributed by atoms with van der Waals surface area (Å²) < 4.78 is 6.14. The van der Waals surface area contributed by atoms with Gasteiger partial charge in [0.25, 0.3) is 0 Å². The van der Waals surface area contributed by atoms with E-state index >= 15 is 0 Å². The van der Waals surface area contributed by atoms with Crippen molar-refractivity contribution in [3.8, 4) is 17.0 Å². The van der Waals surface area contributed by atoms with Crippen LogP contribution in [0.1, 0.15) is 45.6 Å². The van der Waals surface area contributed by atoms with Gasteiger partial charge in [0, 0.05) is 29.8 Å². The number of nitrogens with one attached hydrogen (secondary N) is 1. The summed E-state index contributed by atoms with van der Waals surface area (Å²) in [4.78, 5) is 8.96. The zero-order chi connectivity index (χ0) is 19.4. The first-order valence-electron chi connectivity index (χ1n) is 9.92. The van der Waals surface area contributed by atoms with Crippen LogP contribution >= 0.6 is 0 Å². The third-order valence-electron chi connectivity index (χ3n) is 5.01. The van der Waals surface area contributed by atoms with Gasteiger partial charge in [-0.25, -0.2) is 9.97 Å². The van der Waals surface area contributed by atoms with E-state index in [2.05, 4.69) is 55.1 Å². The van der Waals surface area contributed by atoms with E-state index in [1.807, 2.05) is 18.3 Å². The minimum Gasteiger partial charge on any atom is -0.493 e. The molecule has 1 atom stereocenters.